The highest BCUT2D eigenvalue weighted by Gasteiger charge is 2.15. The first-order chi connectivity index (χ1) is 15.6. The van der Waals surface area contributed by atoms with Crippen molar-refractivity contribution in [2.24, 2.45) is 0 Å². The van der Waals surface area contributed by atoms with Gasteiger partial charge in [-0.1, -0.05) is 39.3 Å². The van der Waals surface area contributed by atoms with Gasteiger partial charge in [-0.25, -0.2) is 9.37 Å². The minimum absolute atomic E-state index is 0.263. The zero-order chi connectivity index (χ0) is 24.4. The molecule has 0 radical (unpaired) electrons. The zero-order valence-electron chi connectivity index (χ0n) is 20.2. The van der Waals surface area contributed by atoms with Crippen LogP contribution in [0, 0.1) is 5.82 Å². The molecule has 0 aliphatic carbocycles. The highest BCUT2D eigenvalue weighted by molar-refractivity contribution is 6.25. The van der Waals surface area contributed by atoms with Gasteiger partial charge in [-0.05, 0) is 37.3 Å². The van der Waals surface area contributed by atoms with Crippen LogP contribution in [0.4, 0.5) is 4.39 Å². The third-order valence-corrected chi connectivity index (χ3v) is 4.36. The fourth-order valence-electron chi connectivity index (χ4n) is 2.73. The van der Waals surface area contributed by atoms with E-state index in [0.29, 0.717) is 17.9 Å². The Kier molecular flexibility index (Phi) is 17.3. The number of aromatic nitrogens is 2. The summed E-state index contributed by atoms with van der Waals surface area (Å²) in [5, 5.41) is 3.56. The molecule has 0 atom stereocenters. The van der Waals surface area contributed by atoms with Crippen LogP contribution >= 0.6 is 11.6 Å². The van der Waals surface area contributed by atoms with Crippen LogP contribution < -0.4 is 10.9 Å². The molecule has 1 aromatic carbocycles. The zero-order valence-corrected chi connectivity index (χ0v) is 21.0. The molecule has 2 heterocycles. The maximum Gasteiger partial charge on any atom is 0.265 e. The van der Waals surface area contributed by atoms with Gasteiger partial charge in [0.2, 0.25) is 0 Å². The molecule has 0 spiro atoms. The van der Waals surface area contributed by atoms with E-state index < -0.39 is 5.82 Å². The van der Waals surface area contributed by atoms with Gasteiger partial charge >= 0.3 is 0 Å². The number of benzene rings is 1. The average Bonchev–Trinajstić information content (AvgIpc) is 2.85. The van der Waals surface area contributed by atoms with Crippen molar-refractivity contribution >= 4 is 28.7 Å². The number of nitrogens with one attached hydrogen (secondary N) is 1. The molecule has 32 heavy (non-hydrogen) atoms. The molecular weight excluding hydrogens is 431 g/mol. The number of methoxy groups -OCH3 is 1. The normalized spacial score (nSPS) is 13.8. The van der Waals surface area contributed by atoms with Crippen LogP contribution in [0.2, 0.25) is 0 Å². The Morgan fingerprint density at radius 1 is 1.19 bits per heavy atom. The fourth-order valence-corrected chi connectivity index (χ4v) is 2.81. The molecule has 1 aromatic heterocycles. The van der Waals surface area contributed by atoms with Crippen molar-refractivity contribution in [3.63, 3.8) is 0 Å². The number of allylic oxidation sites excluding steroid dienone is 2. The predicted octanol–water partition coefficient (Wildman–Crippen LogP) is 4.87. The molecule has 0 unspecified atom stereocenters. The molecule has 1 fully saturated rings. The average molecular weight is 469 g/mol. The Balaban J connectivity index is 0.00000106. The van der Waals surface area contributed by atoms with Crippen molar-refractivity contribution in [3.8, 4) is 0 Å². The molecule has 1 aliphatic rings. The number of piperazine rings is 1. The minimum Gasteiger partial charge on any atom is -0.385 e. The summed E-state index contributed by atoms with van der Waals surface area (Å²) in [6, 6.07) is 4.08. The number of nitrogens with zero attached hydrogens (tertiary/aromatic N) is 3. The Hall–Kier alpha value is -2.06. The lowest BCUT2D eigenvalue weighted by Gasteiger charge is -2.27. The van der Waals surface area contributed by atoms with Crippen LogP contribution in [0.5, 0.6) is 0 Å². The summed E-state index contributed by atoms with van der Waals surface area (Å²) in [5.74, 6) is 0.174. The van der Waals surface area contributed by atoms with Crippen LogP contribution in [0.1, 0.15) is 40.4 Å². The fraction of sp³-hybridized carbons (Fsp3) is 0.500. The summed E-state index contributed by atoms with van der Waals surface area (Å²) >= 11 is 5.52. The van der Waals surface area contributed by atoms with E-state index in [9.17, 15) is 9.18 Å². The van der Waals surface area contributed by atoms with Gasteiger partial charge in [0.05, 0.1) is 17.4 Å². The van der Waals surface area contributed by atoms with Gasteiger partial charge < -0.3 is 10.1 Å². The Morgan fingerprint density at radius 2 is 1.81 bits per heavy atom. The maximum absolute atomic E-state index is 13.5. The van der Waals surface area contributed by atoms with Crippen LogP contribution in [0.25, 0.3) is 17.1 Å². The number of hydrogen-bond donors (Lipinski definition) is 1. The topological polar surface area (TPSA) is 59.4 Å². The van der Waals surface area contributed by atoms with Gasteiger partial charge in [0, 0.05) is 51.6 Å². The van der Waals surface area contributed by atoms with Crippen molar-refractivity contribution in [1.82, 2.24) is 19.8 Å². The van der Waals surface area contributed by atoms with Crippen LogP contribution in [0.15, 0.2) is 40.7 Å². The van der Waals surface area contributed by atoms with E-state index in [-0.39, 0.29) is 10.9 Å². The van der Waals surface area contributed by atoms with Gasteiger partial charge in [-0.2, -0.15) is 0 Å². The SMILES string of the molecule is CC.CC.CCOC.O=c1c2cc(F)ccc2nc(CN2CCNCC2)n1/C=C/C=C/Cl. The van der Waals surface area contributed by atoms with E-state index in [4.69, 9.17) is 11.6 Å². The smallest absolute Gasteiger partial charge is 0.265 e. The molecule has 0 bridgehead atoms. The second-order valence-electron chi connectivity index (χ2n) is 6.13. The second kappa shape index (κ2) is 18.5. The van der Waals surface area contributed by atoms with Crippen LogP contribution in [-0.2, 0) is 11.3 Å². The van der Waals surface area contributed by atoms with Crippen molar-refractivity contribution in [1.29, 1.82) is 0 Å². The van der Waals surface area contributed by atoms with Gasteiger partial charge in [-0.3, -0.25) is 14.3 Å². The predicted molar refractivity (Wildman–Crippen MR) is 135 cm³/mol. The number of ether oxygens (including phenoxy) is 1. The highest BCUT2D eigenvalue weighted by Crippen LogP contribution is 2.12. The largest absolute Gasteiger partial charge is 0.385 e. The van der Waals surface area contributed by atoms with Crippen molar-refractivity contribution in [2.45, 2.75) is 41.2 Å². The highest BCUT2D eigenvalue weighted by atomic mass is 35.5. The third-order valence-electron chi connectivity index (χ3n) is 4.22. The van der Waals surface area contributed by atoms with Crippen LogP contribution in [-0.4, -0.2) is 54.3 Å². The summed E-state index contributed by atoms with van der Waals surface area (Å²) in [4.78, 5) is 19.6. The quantitative estimate of drug-likeness (QED) is 0.634. The summed E-state index contributed by atoms with van der Waals surface area (Å²) in [7, 11) is 1.68. The molecule has 1 aliphatic heterocycles. The molecule has 180 valence electrons. The lowest BCUT2D eigenvalue weighted by molar-refractivity contribution is 0.215. The molecule has 3 rings (SSSR count). The Bertz CT molecular complexity index is 876. The minimum atomic E-state index is -0.451. The number of rotatable bonds is 5. The van der Waals surface area contributed by atoms with Gasteiger partial charge in [0.15, 0.2) is 0 Å². The first kappa shape index (κ1) is 29.9. The maximum atomic E-state index is 13.5. The van der Waals surface area contributed by atoms with Crippen molar-refractivity contribution in [3.05, 3.63) is 57.9 Å². The Morgan fingerprint density at radius 3 is 2.38 bits per heavy atom. The van der Waals surface area contributed by atoms with Gasteiger partial charge in [0.1, 0.15) is 11.6 Å². The summed E-state index contributed by atoms with van der Waals surface area (Å²) in [5.41, 5.74) is 1.57. The van der Waals surface area contributed by atoms with E-state index in [0.717, 1.165) is 32.8 Å². The van der Waals surface area contributed by atoms with Crippen molar-refractivity contribution in [2.75, 3.05) is 39.9 Å². The lowest BCUT2D eigenvalue weighted by atomic mass is 10.2. The lowest BCUT2D eigenvalue weighted by Crippen LogP contribution is -2.43. The van der Waals surface area contributed by atoms with Gasteiger partial charge in [-0.15, -0.1) is 0 Å². The first-order valence-corrected chi connectivity index (χ1v) is 11.6. The summed E-state index contributed by atoms with van der Waals surface area (Å²) in [6.45, 7) is 14.9. The molecule has 1 saturated heterocycles. The second-order valence-corrected chi connectivity index (χ2v) is 6.38. The third kappa shape index (κ3) is 10.0. The molecule has 0 saturated carbocycles. The van der Waals surface area contributed by atoms with Crippen LogP contribution in [0.3, 0.4) is 0 Å². The van der Waals surface area contributed by atoms with E-state index >= 15 is 0 Å². The van der Waals surface area contributed by atoms with Crippen molar-refractivity contribution < 1.29 is 9.13 Å². The van der Waals surface area contributed by atoms with E-state index in [1.165, 1.54) is 22.2 Å². The number of halogens is 2. The standard InChI is InChI=1S/C17H18ClFN4O.C3H8O.2C2H6/c18-5-1-2-8-23-16(12-22-9-6-20-7-10-22)21-15-4-3-13(19)11-14(15)17(23)24;1-3-4-2;2*1-2/h1-5,8,11,20H,6-7,9-10,12H2;3H2,1-2H3;2*1-2H3/b5-1+,8-2+;;;. The van der Waals surface area contributed by atoms with E-state index in [1.807, 2.05) is 34.6 Å². The molecule has 0 amide bonds. The first-order valence-electron chi connectivity index (χ1n) is 11.2. The molecular formula is C24H38ClFN4O2. The molecule has 2 aromatic rings. The summed E-state index contributed by atoms with van der Waals surface area (Å²) < 4.78 is 19.5. The Labute approximate surface area is 196 Å². The molecule has 6 nitrogen and oxygen atoms in total. The number of hydrogen-bond acceptors (Lipinski definition) is 5. The monoisotopic (exact) mass is 468 g/mol. The van der Waals surface area contributed by atoms with Gasteiger partial charge in [0.25, 0.3) is 5.56 Å². The molecule has 8 heteroatoms. The summed E-state index contributed by atoms with van der Waals surface area (Å²) in [6.07, 6.45) is 4.87. The van der Waals surface area contributed by atoms with E-state index in [2.05, 4.69) is 19.9 Å². The van der Waals surface area contributed by atoms with E-state index in [1.54, 1.807) is 31.5 Å². The number of fused-ring (bicyclic) bond motifs is 1. The molecule has 1 N–H and O–H groups in total.